The second kappa shape index (κ2) is 7.84. The number of halogens is 1. The molecule has 0 bridgehead atoms. The summed E-state index contributed by atoms with van der Waals surface area (Å²) in [7, 11) is -2.67. The second-order valence-electron chi connectivity index (χ2n) is 5.16. The number of aliphatic hydroxyl groups excluding tert-OH is 1. The molecule has 0 aromatic heterocycles. The van der Waals surface area contributed by atoms with Crippen molar-refractivity contribution in [2.45, 2.75) is 29.6 Å². The molecule has 0 spiro atoms. The Morgan fingerprint density at radius 3 is 2.58 bits per heavy atom. The van der Waals surface area contributed by atoms with Gasteiger partial charge in [0.1, 0.15) is 11.9 Å². The Bertz CT molecular complexity index is 703. The zero-order valence-electron chi connectivity index (χ0n) is 12.9. The van der Waals surface area contributed by atoms with E-state index in [0.29, 0.717) is 0 Å². The summed E-state index contributed by atoms with van der Waals surface area (Å²) in [6, 6.07) is 3.53. The van der Waals surface area contributed by atoms with Gasteiger partial charge in [0.05, 0.1) is 37.2 Å². The number of hydrogen-bond acceptors (Lipinski definition) is 6. The van der Waals surface area contributed by atoms with E-state index < -0.39 is 46.7 Å². The molecule has 0 amide bonds. The van der Waals surface area contributed by atoms with Crippen molar-refractivity contribution in [3.05, 3.63) is 42.2 Å². The largest absolute Gasteiger partial charge is 0.469 e. The summed E-state index contributed by atoms with van der Waals surface area (Å²) < 4.78 is 49.9. The fourth-order valence-electron chi connectivity index (χ4n) is 2.22. The van der Waals surface area contributed by atoms with Gasteiger partial charge in [0, 0.05) is 0 Å². The molecule has 1 aliphatic heterocycles. The number of ether oxygens (including phenoxy) is 2. The lowest BCUT2D eigenvalue weighted by Crippen LogP contribution is -2.48. The zero-order chi connectivity index (χ0) is 17.7. The number of carbonyl (C=O) groups is 1. The molecule has 0 saturated heterocycles. The number of nitrogens with one attached hydrogen (secondary N) is 1. The molecule has 1 aromatic rings. The number of carbonyl (C=O) groups excluding carboxylic acids is 1. The molecule has 9 heteroatoms. The van der Waals surface area contributed by atoms with Crippen LogP contribution in [-0.4, -0.2) is 51.5 Å². The van der Waals surface area contributed by atoms with E-state index in [2.05, 4.69) is 9.46 Å². The number of sulfonamides is 1. The third-order valence-electron chi connectivity index (χ3n) is 3.47. The molecule has 0 unspecified atom stereocenters. The van der Waals surface area contributed by atoms with Crippen LogP contribution in [0.2, 0.25) is 0 Å². The summed E-state index contributed by atoms with van der Waals surface area (Å²) in [4.78, 5) is 11.2. The number of methoxy groups -OCH3 is 1. The maximum absolute atomic E-state index is 12.9. The van der Waals surface area contributed by atoms with Crippen LogP contribution in [0.3, 0.4) is 0 Å². The second-order valence-corrected chi connectivity index (χ2v) is 6.88. The molecule has 3 atom stereocenters. The molecule has 132 valence electrons. The van der Waals surface area contributed by atoms with Crippen molar-refractivity contribution < 1.29 is 32.2 Å². The quantitative estimate of drug-likeness (QED) is 0.561. The number of rotatable bonds is 6. The molecule has 1 aromatic carbocycles. The Labute approximate surface area is 139 Å². The van der Waals surface area contributed by atoms with Gasteiger partial charge in [0.25, 0.3) is 0 Å². The average Bonchev–Trinajstić information content (AvgIpc) is 2.56. The highest BCUT2D eigenvalue weighted by Gasteiger charge is 2.31. The van der Waals surface area contributed by atoms with Gasteiger partial charge in [0.15, 0.2) is 0 Å². The van der Waals surface area contributed by atoms with E-state index in [1.54, 1.807) is 0 Å². The molecule has 7 nitrogen and oxygen atoms in total. The van der Waals surface area contributed by atoms with Gasteiger partial charge in [0.2, 0.25) is 10.0 Å². The molecular formula is C15H18FNO6S. The third-order valence-corrected chi connectivity index (χ3v) is 4.95. The van der Waals surface area contributed by atoms with Crippen molar-refractivity contribution in [3.8, 4) is 0 Å². The minimum Gasteiger partial charge on any atom is -0.469 e. The molecular weight excluding hydrogens is 341 g/mol. The maximum Gasteiger partial charge on any atom is 0.308 e. The first-order valence-electron chi connectivity index (χ1n) is 7.15. The van der Waals surface area contributed by atoms with E-state index in [0.717, 1.165) is 24.3 Å². The molecule has 1 aliphatic rings. The van der Waals surface area contributed by atoms with Crippen molar-refractivity contribution in [1.29, 1.82) is 0 Å². The van der Waals surface area contributed by atoms with Crippen LogP contribution in [0.15, 0.2) is 41.3 Å². The van der Waals surface area contributed by atoms with Crippen LogP contribution in [-0.2, 0) is 24.3 Å². The van der Waals surface area contributed by atoms with Crippen LogP contribution in [0.5, 0.6) is 0 Å². The highest BCUT2D eigenvalue weighted by molar-refractivity contribution is 7.89. The highest BCUT2D eigenvalue weighted by atomic mass is 32.2. The molecule has 1 heterocycles. The molecule has 0 saturated carbocycles. The van der Waals surface area contributed by atoms with Crippen LogP contribution in [0.4, 0.5) is 4.39 Å². The Balaban J connectivity index is 2.12. The van der Waals surface area contributed by atoms with Crippen molar-refractivity contribution in [2.24, 2.45) is 0 Å². The van der Waals surface area contributed by atoms with Gasteiger partial charge in [-0.3, -0.25) is 4.79 Å². The Kier molecular flexibility index (Phi) is 6.05. The molecule has 2 N–H and O–H groups in total. The lowest BCUT2D eigenvalue weighted by Gasteiger charge is -2.31. The van der Waals surface area contributed by atoms with E-state index >= 15 is 0 Å². The zero-order valence-corrected chi connectivity index (χ0v) is 13.7. The predicted octanol–water partition coefficient (Wildman–Crippen LogP) is 0.352. The van der Waals surface area contributed by atoms with Gasteiger partial charge in [-0.2, -0.15) is 0 Å². The van der Waals surface area contributed by atoms with Crippen LogP contribution in [0, 0.1) is 5.82 Å². The highest BCUT2D eigenvalue weighted by Crippen LogP contribution is 2.18. The summed E-state index contributed by atoms with van der Waals surface area (Å²) in [5.74, 6) is -1.03. The molecule has 24 heavy (non-hydrogen) atoms. The predicted molar refractivity (Wildman–Crippen MR) is 82.0 cm³/mol. The first-order valence-corrected chi connectivity index (χ1v) is 8.63. The van der Waals surface area contributed by atoms with Crippen molar-refractivity contribution in [2.75, 3.05) is 13.7 Å². The van der Waals surface area contributed by atoms with Gasteiger partial charge in [-0.15, -0.1) is 0 Å². The lowest BCUT2D eigenvalue weighted by atomic mass is 10.1. The number of benzene rings is 1. The topological polar surface area (TPSA) is 102 Å². The summed E-state index contributed by atoms with van der Waals surface area (Å²) in [5.41, 5.74) is 0. The van der Waals surface area contributed by atoms with Gasteiger partial charge in [-0.25, -0.2) is 17.5 Å². The summed E-state index contributed by atoms with van der Waals surface area (Å²) >= 11 is 0. The fourth-order valence-corrected chi connectivity index (χ4v) is 3.44. The summed E-state index contributed by atoms with van der Waals surface area (Å²) in [6.07, 6.45) is 1.53. The first-order chi connectivity index (χ1) is 11.4. The molecule has 0 fully saturated rings. The van der Waals surface area contributed by atoms with E-state index in [1.807, 2.05) is 0 Å². The number of hydrogen-bond donors (Lipinski definition) is 2. The summed E-state index contributed by atoms with van der Waals surface area (Å²) in [6.45, 7) is -0.446. The van der Waals surface area contributed by atoms with Crippen molar-refractivity contribution >= 4 is 16.0 Å². The number of esters is 1. The molecule has 2 rings (SSSR count). The summed E-state index contributed by atoms with van der Waals surface area (Å²) in [5, 5.41) is 9.41. The van der Waals surface area contributed by atoms with E-state index in [9.17, 15) is 22.7 Å². The fraction of sp³-hybridized carbons (Fsp3) is 0.400. The van der Waals surface area contributed by atoms with Crippen LogP contribution in [0.25, 0.3) is 0 Å². The van der Waals surface area contributed by atoms with Crippen molar-refractivity contribution in [1.82, 2.24) is 4.72 Å². The van der Waals surface area contributed by atoms with Gasteiger partial charge < -0.3 is 14.6 Å². The molecule has 0 radical (unpaired) electrons. The van der Waals surface area contributed by atoms with E-state index in [-0.39, 0.29) is 11.3 Å². The van der Waals surface area contributed by atoms with Crippen LogP contribution < -0.4 is 4.72 Å². The Morgan fingerprint density at radius 1 is 1.33 bits per heavy atom. The normalized spacial score (nSPS) is 23.9. The van der Waals surface area contributed by atoms with E-state index in [1.165, 1.54) is 19.3 Å². The maximum atomic E-state index is 12.9. The molecule has 0 aliphatic carbocycles. The van der Waals surface area contributed by atoms with Gasteiger partial charge >= 0.3 is 5.97 Å². The standard InChI is InChI=1S/C15H18FNO6S/c1-22-15(19)8-11-4-7-13(14(9-18)23-11)17-24(20,21)12-5-2-10(16)3-6-12/h2-7,11,13-14,17-18H,8-9H2,1H3/t11-,13+,14+/m0/s1. The SMILES string of the molecule is COC(=O)C[C@@H]1C=C[C@@H](NS(=O)(=O)c2ccc(F)cc2)[C@@H](CO)O1. The minimum atomic E-state index is -3.92. The van der Waals surface area contributed by atoms with E-state index in [4.69, 9.17) is 4.74 Å². The van der Waals surface area contributed by atoms with Crippen molar-refractivity contribution in [3.63, 3.8) is 0 Å². The smallest absolute Gasteiger partial charge is 0.308 e. The van der Waals surface area contributed by atoms with Gasteiger partial charge in [-0.1, -0.05) is 12.2 Å². The average molecular weight is 359 g/mol. The minimum absolute atomic E-state index is 0.0407. The number of aliphatic hydroxyl groups is 1. The first kappa shape index (κ1) is 18.5. The lowest BCUT2D eigenvalue weighted by molar-refractivity contribution is -0.144. The Morgan fingerprint density at radius 2 is 2.00 bits per heavy atom. The Hall–Kier alpha value is -1.81. The monoisotopic (exact) mass is 359 g/mol. The third kappa shape index (κ3) is 4.60. The van der Waals surface area contributed by atoms with Crippen LogP contribution in [0.1, 0.15) is 6.42 Å². The van der Waals surface area contributed by atoms with Crippen LogP contribution >= 0.6 is 0 Å². The van der Waals surface area contributed by atoms with Gasteiger partial charge in [-0.05, 0) is 24.3 Å².